The molecule has 0 aromatic heterocycles. The van der Waals surface area contributed by atoms with Crippen LogP contribution >= 0.6 is 12.4 Å². The number of hydrogen-bond acceptors (Lipinski definition) is 3. The van der Waals surface area contributed by atoms with Crippen molar-refractivity contribution in [3.63, 3.8) is 0 Å². The monoisotopic (exact) mass is 411 g/mol. The third kappa shape index (κ3) is 5.67. The van der Waals surface area contributed by atoms with Crippen molar-refractivity contribution in [1.82, 2.24) is 15.1 Å². The fourth-order valence-corrected chi connectivity index (χ4v) is 4.11. The average Bonchev–Trinajstić information content (AvgIpc) is 2.95. The molecule has 1 aromatic rings. The summed E-state index contributed by atoms with van der Waals surface area (Å²) >= 11 is 0. The van der Waals surface area contributed by atoms with Gasteiger partial charge in [-0.1, -0.05) is 19.1 Å². The molecule has 0 saturated carbocycles. The summed E-state index contributed by atoms with van der Waals surface area (Å²) in [5.41, 5.74) is 0.107. The highest BCUT2D eigenvalue weighted by molar-refractivity contribution is 5.94. The van der Waals surface area contributed by atoms with Crippen molar-refractivity contribution in [3.05, 3.63) is 35.6 Å². The minimum absolute atomic E-state index is 0. The lowest BCUT2D eigenvalue weighted by atomic mass is 9.85. The largest absolute Gasteiger partial charge is 0.341 e. The molecule has 7 heteroatoms. The molecule has 0 spiro atoms. The lowest BCUT2D eigenvalue weighted by Crippen LogP contribution is -2.39. The van der Waals surface area contributed by atoms with Crippen LogP contribution in [0.15, 0.2) is 24.3 Å². The van der Waals surface area contributed by atoms with E-state index in [1.54, 1.807) is 17.0 Å². The predicted octanol–water partition coefficient (Wildman–Crippen LogP) is 2.95. The first-order valence-corrected chi connectivity index (χ1v) is 10.1. The van der Waals surface area contributed by atoms with Crippen molar-refractivity contribution < 1.29 is 14.0 Å². The van der Waals surface area contributed by atoms with Crippen LogP contribution in [-0.2, 0) is 4.79 Å². The first-order chi connectivity index (χ1) is 13.1. The number of amides is 2. The number of carbonyl (C=O) groups is 2. The Bertz CT molecular complexity index is 667. The zero-order chi connectivity index (χ0) is 19.2. The Labute approximate surface area is 173 Å². The van der Waals surface area contributed by atoms with Gasteiger partial charge in [-0.15, -0.1) is 12.4 Å². The third-order valence-corrected chi connectivity index (χ3v) is 5.88. The highest BCUT2D eigenvalue weighted by Crippen LogP contribution is 2.23. The topological polar surface area (TPSA) is 52.7 Å². The Morgan fingerprint density at radius 2 is 1.86 bits per heavy atom. The minimum atomic E-state index is -0.491. The summed E-state index contributed by atoms with van der Waals surface area (Å²) in [4.78, 5) is 28.9. The van der Waals surface area contributed by atoms with Gasteiger partial charge in [0.2, 0.25) is 5.91 Å². The van der Waals surface area contributed by atoms with Gasteiger partial charge in [0.1, 0.15) is 5.82 Å². The van der Waals surface area contributed by atoms with Crippen molar-refractivity contribution in [2.75, 3.05) is 39.3 Å². The normalized spacial score (nSPS) is 21.4. The Balaban J connectivity index is 0.00000280. The first-order valence-electron chi connectivity index (χ1n) is 10.1. The van der Waals surface area contributed by atoms with Gasteiger partial charge < -0.3 is 15.1 Å². The van der Waals surface area contributed by atoms with Crippen LogP contribution in [0.2, 0.25) is 0 Å². The van der Waals surface area contributed by atoms with Gasteiger partial charge in [-0.2, -0.15) is 0 Å². The quantitative estimate of drug-likeness (QED) is 0.828. The van der Waals surface area contributed by atoms with Gasteiger partial charge in [-0.05, 0) is 56.3 Å². The van der Waals surface area contributed by atoms with E-state index in [0.717, 1.165) is 19.5 Å². The van der Waals surface area contributed by atoms with Gasteiger partial charge in [-0.3, -0.25) is 9.59 Å². The predicted molar refractivity (Wildman–Crippen MR) is 110 cm³/mol. The maximum atomic E-state index is 13.9. The van der Waals surface area contributed by atoms with Crippen LogP contribution < -0.4 is 5.32 Å². The Morgan fingerprint density at radius 1 is 1.14 bits per heavy atom. The van der Waals surface area contributed by atoms with Gasteiger partial charge in [-0.25, -0.2) is 4.39 Å². The van der Waals surface area contributed by atoms with Crippen LogP contribution in [0.1, 0.15) is 43.0 Å². The Morgan fingerprint density at radius 3 is 2.57 bits per heavy atom. The SMILES string of the molecule is CC(CC(=O)N1CCCN(C(=O)c2ccccc2F)CC1)C1CCCNC1.Cl. The number of rotatable bonds is 4. The molecule has 0 bridgehead atoms. The minimum Gasteiger partial charge on any atom is -0.341 e. The number of piperidine rings is 1. The molecule has 0 aliphatic carbocycles. The maximum Gasteiger partial charge on any atom is 0.256 e. The molecule has 2 unspecified atom stereocenters. The first kappa shape index (κ1) is 22.6. The van der Waals surface area contributed by atoms with Crippen LogP contribution in [0.4, 0.5) is 4.39 Å². The smallest absolute Gasteiger partial charge is 0.256 e. The third-order valence-electron chi connectivity index (χ3n) is 5.88. The van der Waals surface area contributed by atoms with E-state index in [4.69, 9.17) is 0 Å². The maximum absolute atomic E-state index is 13.9. The fourth-order valence-electron chi connectivity index (χ4n) is 4.11. The van der Waals surface area contributed by atoms with Crippen LogP contribution in [0.5, 0.6) is 0 Å². The molecule has 1 N–H and O–H groups in total. The second-order valence-electron chi connectivity index (χ2n) is 7.79. The molecule has 2 aliphatic heterocycles. The second-order valence-corrected chi connectivity index (χ2v) is 7.79. The van der Waals surface area contributed by atoms with Crippen LogP contribution in [0.3, 0.4) is 0 Å². The van der Waals surface area contributed by atoms with Gasteiger partial charge >= 0.3 is 0 Å². The fraction of sp³-hybridized carbons (Fsp3) is 0.619. The number of carbonyl (C=O) groups excluding carboxylic acids is 2. The molecule has 28 heavy (non-hydrogen) atoms. The van der Waals surface area contributed by atoms with E-state index in [1.165, 1.54) is 25.0 Å². The summed E-state index contributed by atoms with van der Waals surface area (Å²) in [6, 6.07) is 6.08. The van der Waals surface area contributed by atoms with E-state index in [2.05, 4.69) is 12.2 Å². The van der Waals surface area contributed by atoms with Crippen molar-refractivity contribution >= 4 is 24.2 Å². The summed E-state index contributed by atoms with van der Waals surface area (Å²) < 4.78 is 13.9. The molecule has 1 aromatic carbocycles. The zero-order valence-corrected chi connectivity index (χ0v) is 17.3. The lowest BCUT2D eigenvalue weighted by Gasteiger charge is -2.30. The van der Waals surface area contributed by atoms with E-state index < -0.39 is 5.82 Å². The van der Waals surface area contributed by atoms with Gasteiger partial charge in [0.15, 0.2) is 0 Å². The lowest BCUT2D eigenvalue weighted by molar-refractivity contribution is -0.132. The molecule has 2 amide bonds. The van der Waals surface area contributed by atoms with Crippen LogP contribution in [-0.4, -0.2) is 60.9 Å². The van der Waals surface area contributed by atoms with Gasteiger partial charge in [0, 0.05) is 32.6 Å². The van der Waals surface area contributed by atoms with E-state index >= 15 is 0 Å². The summed E-state index contributed by atoms with van der Waals surface area (Å²) in [5, 5.41) is 3.42. The van der Waals surface area contributed by atoms with Crippen molar-refractivity contribution in [2.45, 2.75) is 32.6 Å². The summed E-state index contributed by atoms with van der Waals surface area (Å²) in [6.07, 6.45) is 3.66. The van der Waals surface area contributed by atoms with Crippen LogP contribution in [0.25, 0.3) is 0 Å². The number of benzene rings is 1. The Hall–Kier alpha value is -1.66. The van der Waals surface area contributed by atoms with Gasteiger partial charge in [0.05, 0.1) is 5.56 Å². The molecule has 2 saturated heterocycles. The number of nitrogens with zero attached hydrogens (tertiary/aromatic N) is 2. The molecule has 3 rings (SSSR count). The molecule has 0 radical (unpaired) electrons. The van der Waals surface area contributed by atoms with Crippen LogP contribution in [0, 0.1) is 17.7 Å². The van der Waals surface area contributed by atoms with E-state index in [1.807, 2.05) is 4.90 Å². The standard InChI is InChI=1S/C21H30FN3O2.ClH/c1-16(17-6-4-9-23-15-17)14-20(26)24-10-5-11-25(13-12-24)21(27)18-7-2-3-8-19(18)22;/h2-3,7-8,16-17,23H,4-6,9-15H2,1H3;1H. The molecule has 2 fully saturated rings. The number of halogens is 2. The summed E-state index contributed by atoms with van der Waals surface area (Å²) in [7, 11) is 0. The highest BCUT2D eigenvalue weighted by Gasteiger charge is 2.27. The highest BCUT2D eigenvalue weighted by atomic mass is 35.5. The second kappa shape index (κ2) is 10.8. The molecule has 2 heterocycles. The summed E-state index contributed by atoms with van der Waals surface area (Å²) in [6.45, 7) is 6.44. The zero-order valence-electron chi connectivity index (χ0n) is 16.5. The molecular weight excluding hydrogens is 381 g/mol. The number of hydrogen-bond donors (Lipinski definition) is 1. The molecule has 2 atom stereocenters. The van der Waals surface area contributed by atoms with Gasteiger partial charge in [0.25, 0.3) is 5.91 Å². The van der Waals surface area contributed by atoms with E-state index in [0.29, 0.717) is 44.4 Å². The summed E-state index contributed by atoms with van der Waals surface area (Å²) in [5.74, 6) is 0.324. The van der Waals surface area contributed by atoms with E-state index in [-0.39, 0.29) is 29.8 Å². The Kier molecular flexibility index (Phi) is 8.70. The average molecular weight is 412 g/mol. The molecule has 5 nitrogen and oxygen atoms in total. The van der Waals surface area contributed by atoms with E-state index in [9.17, 15) is 14.0 Å². The number of nitrogens with one attached hydrogen (secondary N) is 1. The van der Waals surface area contributed by atoms with Crippen molar-refractivity contribution in [3.8, 4) is 0 Å². The molecule has 2 aliphatic rings. The van der Waals surface area contributed by atoms with Crippen molar-refractivity contribution in [2.24, 2.45) is 11.8 Å². The molecule has 156 valence electrons. The van der Waals surface area contributed by atoms with Crippen molar-refractivity contribution in [1.29, 1.82) is 0 Å². The molecular formula is C21H31ClFN3O2.